The highest BCUT2D eigenvalue weighted by atomic mass is 32.1. The maximum Gasteiger partial charge on any atom is 0.251 e. The standard InChI is InChI=1S/C18H14N2O2S2/c19-10-12-3-1-4-13(9-12)18(22)20-11-14-6-7-16(24-14)17(21)15-5-2-8-23-15/h1-9,17,21H,11H2,(H,20,22). The first-order chi connectivity index (χ1) is 11.7. The summed E-state index contributed by atoms with van der Waals surface area (Å²) in [7, 11) is 0. The van der Waals surface area contributed by atoms with Crippen molar-refractivity contribution >= 4 is 28.6 Å². The molecule has 2 heterocycles. The van der Waals surface area contributed by atoms with Gasteiger partial charge in [-0.2, -0.15) is 5.26 Å². The fourth-order valence-electron chi connectivity index (χ4n) is 2.22. The lowest BCUT2D eigenvalue weighted by Gasteiger charge is -2.05. The van der Waals surface area contributed by atoms with E-state index in [4.69, 9.17) is 5.26 Å². The second kappa shape index (κ2) is 7.41. The van der Waals surface area contributed by atoms with E-state index in [0.29, 0.717) is 17.7 Å². The van der Waals surface area contributed by atoms with Crippen LogP contribution in [0.15, 0.2) is 53.9 Å². The number of nitriles is 1. The fraction of sp³-hybridized carbons (Fsp3) is 0.111. The minimum absolute atomic E-state index is 0.221. The smallest absolute Gasteiger partial charge is 0.251 e. The highest BCUT2D eigenvalue weighted by molar-refractivity contribution is 7.12. The highest BCUT2D eigenvalue weighted by Crippen LogP contribution is 2.30. The van der Waals surface area contributed by atoms with E-state index in [1.54, 1.807) is 24.3 Å². The molecule has 1 aromatic carbocycles. The molecule has 0 aliphatic rings. The molecule has 0 saturated heterocycles. The van der Waals surface area contributed by atoms with Crippen LogP contribution in [0.25, 0.3) is 0 Å². The number of nitrogens with zero attached hydrogens (tertiary/aromatic N) is 1. The van der Waals surface area contributed by atoms with Crippen LogP contribution in [0.3, 0.4) is 0 Å². The van der Waals surface area contributed by atoms with Crippen molar-refractivity contribution in [3.05, 3.63) is 79.7 Å². The molecule has 2 N–H and O–H groups in total. The van der Waals surface area contributed by atoms with Gasteiger partial charge >= 0.3 is 0 Å². The molecule has 6 heteroatoms. The third-order valence-corrected chi connectivity index (χ3v) is 5.50. The van der Waals surface area contributed by atoms with Gasteiger partial charge in [0, 0.05) is 20.2 Å². The maximum absolute atomic E-state index is 12.1. The summed E-state index contributed by atoms with van der Waals surface area (Å²) in [6.07, 6.45) is -0.619. The van der Waals surface area contributed by atoms with Gasteiger partial charge in [0.25, 0.3) is 5.91 Å². The monoisotopic (exact) mass is 354 g/mol. The molecule has 0 fully saturated rings. The van der Waals surface area contributed by atoms with Gasteiger partial charge in [0.1, 0.15) is 6.10 Å². The van der Waals surface area contributed by atoms with Gasteiger partial charge < -0.3 is 10.4 Å². The molecule has 0 saturated carbocycles. The summed E-state index contributed by atoms with van der Waals surface area (Å²) in [5.74, 6) is -0.221. The van der Waals surface area contributed by atoms with Gasteiger partial charge in [0.05, 0.1) is 18.2 Å². The minimum atomic E-state index is -0.619. The van der Waals surface area contributed by atoms with Crippen molar-refractivity contribution < 1.29 is 9.90 Å². The van der Waals surface area contributed by atoms with Crippen LogP contribution >= 0.6 is 22.7 Å². The zero-order chi connectivity index (χ0) is 16.9. The van der Waals surface area contributed by atoms with E-state index < -0.39 is 6.10 Å². The topological polar surface area (TPSA) is 73.1 Å². The number of thiophene rings is 2. The summed E-state index contributed by atoms with van der Waals surface area (Å²) in [5, 5.41) is 24.0. The lowest BCUT2D eigenvalue weighted by atomic mass is 10.1. The third-order valence-electron chi connectivity index (χ3n) is 3.44. The second-order valence-electron chi connectivity index (χ2n) is 5.10. The molecule has 4 nitrogen and oxygen atoms in total. The first-order valence-corrected chi connectivity index (χ1v) is 8.95. The van der Waals surface area contributed by atoms with Crippen molar-refractivity contribution in [2.75, 3.05) is 0 Å². The molecule has 120 valence electrons. The molecule has 0 radical (unpaired) electrons. The number of carbonyl (C=O) groups excluding carboxylic acids is 1. The average Bonchev–Trinajstić information content (AvgIpc) is 3.31. The molecule has 3 rings (SSSR count). The molecular formula is C18H14N2O2S2. The number of aliphatic hydroxyl groups excluding tert-OH is 1. The predicted molar refractivity (Wildman–Crippen MR) is 95.0 cm³/mol. The van der Waals surface area contributed by atoms with Gasteiger partial charge in [-0.15, -0.1) is 22.7 Å². The van der Waals surface area contributed by atoms with E-state index >= 15 is 0 Å². The van der Waals surface area contributed by atoms with E-state index in [0.717, 1.165) is 14.6 Å². The first kappa shape index (κ1) is 16.4. The summed E-state index contributed by atoms with van der Waals surface area (Å²) in [6, 6.07) is 16.2. The number of aliphatic hydroxyl groups is 1. The van der Waals surface area contributed by atoms with Gasteiger partial charge in [0.2, 0.25) is 0 Å². The summed E-state index contributed by atoms with van der Waals surface area (Å²) in [5.41, 5.74) is 0.921. The van der Waals surface area contributed by atoms with Crippen LogP contribution in [0, 0.1) is 11.3 Å². The van der Waals surface area contributed by atoms with Crippen LogP contribution in [-0.2, 0) is 6.54 Å². The Balaban J connectivity index is 1.63. The maximum atomic E-state index is 12.1. The van der Waals surface area contributed by atoms with Crippen LogP contribution in [0.2, 0.25) is 0 Å². The molecule has 3 aromatic rings. The zero-order valence-corrected chi connectivity index (χ0v) is 14.2. The number of amides is 1. The van der Waals surface area contributed by atoms with Crippen LogP contribution in [-0.4, -0.2) is 11.0 Å². The molecule has 1 atom stereocenters. The quantitative estimate of drug-likeness (QED) is 0.734. The van der Waals surface area contributed by atoms with Crippen LogP contribution in [0.1, 0.15) is 36.7 Å². The molecule has 1 amide bonds. The Morgan fingerprint density at radius 2 is 2.08 bits per heavy atom. The molecular weight excluding hydrogens is 340 g/mol. The van der Waals surface area contributed by atoms with Gasteiger partial charge in [-0.3, -0.25) is 4.79 Å². The summed E-state index contributed by atoms with van der Waals surface area (Å²) >= 11 is 2.99. The lowest BCUT2D eigenvalue weighted by molar-refractivity contribution is 0.0951. The van der Waals surface area contributed by atoms with Crippen LogP contribution < -0.4 is 5.32 Å². The summed E-state index contributed by atoms with van der Waals surface area (Å²) in [6.45, 7) is 0.386. The SMILES string of the molecule is N#Cc1cccc(C(=O)NCc2ccc(C(O)c3cccs3)s2)c1. The van der Waals surface area contributed by atoms with E-state index in [1.807, 2.05) is 35.7 Å². The molecule has 0 bridgehead atoms. The van der Waals surface area contributed by atoms with Gasteiger partial charge in [-0.1, -0.05) is 12.1 Å². The van der Waals surface area contributed by atoms with E-state index in [1.165, 1.54) is 22.7 Å². The van der Waals surface area contributed by atoms with Gasteiger partial charge in [-0.05, 0) is 41.8 Å². The minimum Gasteiger partial charge on any atom is -0.382 e. The molecule has 0 aliphatic carbocycles. The largest absolute Gasteiger partial charge is 0.382 e. The molecule has 2 aromatic heterocycles. The number of rotatable bonds is 5. The summed E-state index contributed by atoms with van der Waals surface area (Å²) < 4.78 is 0. The van der Waals surface area contributed by atoms with Crippen molar-refractivity contribution in [2.45, 2.75) is 12.6 Å². The molecule has 1 unspecified atom stereocenters. The van der Waals surface area contributed by atoms with E-state index in [-0.39, 0.29) is 5.91 Å². The van der Waals surface area contributed by atoms with Crippen molar-refractivity contribution in [1.29, 1.82) is 5.26 Å². The molecule has 0 spiro atoms. The summed E-state index contributed by atoms with van der Waals surface area (Å²) in [4.78, 5) is 14.9. The second-order valence-corrected chi connectivity index (χ2v) is 7.28. The predicted octanol–water partition coefficient (Wildman–Crippen LogP) is 3.69. The first-order valence-electron chi connectivity index (χ1n) is 7.26. The lowest BCUT2D eigenvalue weighted by Crippen LogP contribution is -2.22. The highest BCUT2D eigenvalue weighted by Gasteiger charge is 2.14. The van der Waals surface area contributed by atoms with E-state index in [9.17, 15) is 9.90 Å². The Bertz CT molecular complexity index is 879. The van der Waals surface area contributed by atoms with Crippen LogP contribution in [0.5, 0.6) is 0 Å². The third kappa shape index (κ3) is 3.71. The number of benzene rings is 1. The van der Waals surface area contributed by atoms with Crippen LogP contribution in [0.4, 0.5) is 0 Å². The molecule has 0 aliphatic heterocycles. The number of carbonyl (C=O) groups is 1. The number of hydrogen-bond acceptors (Lipinski definition) is 5. The van der Waals surface area contributed by atoms with Crippen molar-refractivity contribution in [2.24, 2.45) is 0 Å². The van der Waals surface area contributed by atoms with Crippen molar-refractivity contribution in [3.8, 4) is 6.07 Å². The van der Waals surface area contributed by atoms with Crippen molar-refractivity contribution in [3.63, 3.8) is 0 Å². The Morgan fingerprint density at radius 3 is 2.83 bits per heavy atom. The van der Waals surface area contributed by atoms with E-state index in [2.05, 4.69) is 5.32 Å². The Labute approximate surface area is 147 Å². The van der Waals surface area contributed by atoms with Gasteiger partial charge in [-0.25, -0.2) is 0 Å². The van der Waals surface area contributed by atoms with Gasteiger partial charge in [0.15, 0.2) is 0 Å². The Kier molecular flexibility index (Phi) is 5.06. The Hall–Kier alpha value is -2.46. The number of nitrogens with one attached hydrogen (secondary N) is 1. The average molecular weight is 354 g/mol. The molecule has 24 heavy (non-hydrogen) atoms. The normalized spacial score (nSPS) is 11.7. The van der Waals surface area contributed by atoms with Crippen molar-refractivity contribution in [1.82, 2.24) is 5.32 Å². The zero-order valence-electron chi connectivity index (χ0n) is 12.6. The fourth-order valence-corrected chi connectivity index (χ4v) is 3.98. The number of hydrogen-bond donors (Lipinski definition) is 2. The Morgan fingerprint density at radius 1 is 1.21 bits per heavy atom.